The monoisotopic (exact) mass is 345 g/mol. The average Bonchev–Trinajstić information content (AvgIpc) is 2.96. The van der Waals surface area contributed by atoms with E-state index in [4.69, 9.17) is 4.42 Å². The zero-order valence-corrected chi connectivity index (χ0v) is 15.4. The summed E-state index contributed by atoms with van der Waals surface area (Å²) >= 11 is 0. The third kappa shape index (κ3) is 4.73. The summed E-state index contributed by atoms with van der Waals surface area (Å²) in [5.41, 5.74) is 3.01. The van der Waals surface area contributed by atoms with Gasteiger partial charge in [0.25, 0.3) is 0 Å². The Morgan fingerprint density at radius 1 is 1.08 bits per heavy atom. The Bertz CT molecular complexity index is 713. The minimum Gasteiger partial charge on any atom is -0.408 e. The number of para-hydroxylation sites is 1. The highest BCUT2D eigenvalue weighted by molar-refractivity contribution is 5.77. The van der Waals surface area contributed by atoms with Gasteiger partial charge in [0.15, 0.2) is 5.58 Å². The lowest BCUT2D eigenvalue weighted by molar-refractivity contribution is 0.235. The molecule has 3 rings (SSSR count). The number of aromatic nitrogens is 1. The van der Waals surface area contributed by atoms with Gasteiger partial charge in [0.1, 0.15) is 0 Å². The minimum absolute atomic E-state index is 0.208. The van der Waals surface area contributed by atoms with Crippen molar-refractivity contribution in [2.24, 2.45) is 0 Å². The van der Waals surface area contributed by atoms with Crippen LogP contribution in [0.25, 0.3) is 11.1 Å². The predicted molar refractivity (Wildman–Crippen MR) is 102 cm³/mol. The normalized spacial score (nSPS) is 15.9. The van der Waals surface area contributed by atoms with Gasteiger partial charge in [-0.1, -0.05) is 31.9 Å². The molecule has 0 spiro atoms. The molecule has 0 unspecified atom stereocenters. The van der Waals surface area contributed by atoms with Crippen LogP contribution in [0.5, 0.6) is 0 Å². The van der Waals surface area contributed by atoms with Crippen LogP contribution in [-0.2, 0) is 13.0 Å². The van der Waals surface area contributed by atoms with Crippen molar-refractivity contribution in [3.05, 3.63) is 34.3 Å². The van der Waals surface area contributed by atoms with Crippen LogP contribution in [0.2, 0.25) is 0 Å². The summed E-state index contributed by atoms with van der Waals surface area (Å²) in [4.78, 5) is 14.8. The summed E-state index contributed by atoms with van der Waals surface area (Å²) in [6.07, 6.45) is 6.76. The van der Waals surface area contributed by atoms with Gasteiger partial charge in [-0.05, 0) is 43.9 Å². The molecule has 1 aromatic heterocycles. The molecule has 25 heavy (non-hydrogen) atoms. The maximum atomic E-state index is 12.3. The third-order valence-corrected chi connectivity index (χ3v) is 5.14. The number of benzene rings is 1. The van der Waals surface area contributed by atoms with E-state index in [1.54, 1.807) is 0 Å². The molecule has 5 nitrogen and oxygen atoms in total. The van der Waals surface area contributed by atoms with Gasteiger partial charge < -0.3 is 14.6 Å². The second kappa shape index (κ2) is 9.20. The molecule has 2 aromatic rings. The van der Waals surface area contributed by atoms with Crippen LogP contribution in [0.15, 0.2) is 27.4 Å². The lowest BCUT2D eigenvalue weighted by atomic mass is 10.1. The van der Waals surface area contributed by atoms with Gasteiger partial charge in [-0.3, -0.25) is 4.57 Å². The molecule has 1 aliphatic heterocycles. The van der Waals surface area contributed by atoms with E-state index in [0.29, 0.717) is 0 Å². The van der Waals surface area contributed by atoms with E-state index in [1.165, 1.54) is 18.4 Å². The molecule has 0 bridgehead atoms. The van der Waals surface area contributed by atoms with Crippen molar-refractivity contribution in [2.45, 2.75) is 52.0 Å². The SMILES string of the molecule is CCCCCc1cccc2oc(=O)n(CCCCN3CCNCC3)c12. The molecule has 1 N–H and O–H groups in total. The lowest BCUT2D eigenvalue weighted by Gasteiger charge is -2.27. The van der Waals surface area contributed by atoms with Gasteiger partial charge >= 0.3 is 5.76 Å². The Hall–Kier alpha value is -1.59. The van der Waals surface area contributed by atoms with Crippen LogP contribution in [0.3, 0.4) is 0 Å². The van der Waals surface area contributed by atoms with Crippen LogP contribution in [0.4, 0.5) is 0 Å². The molecule has 1 aliphatic rings. The molecular weight excluding hydrogens is 314 g/mol. The van der Waals surface area contributed by atoms with Crippen molar-refractivity contribution < 1.29 is 4.42 Å². The Kier molecular flexibility index (Phi) is 6.70. The number of oxazole rings is 1. The fraction of sp³-hybridized carbons (Fsp3) is 0.650. The van der Waals surface area contributed by atoms with Crippen LogP contribution < -0.4 is 11.1 Å². The van der Waals surface area contributed by atoms with Crippen molar-refractivity contribution in [3.8, 4) is 0 Å². The van der Waals surface area contributed by atoms with Gasteiger partial charge in [0, 0.05) is 32.7 Å². The van der Waals surface area contributed by atoms with Gasteiger partial charge in [-0.25, -0.2) is 4.79 Å². The molecule has 0 aliphatic carbocycles. The van der Waals surface area contributed by atoms with Crippen LogP contribution >= 0.6 is 0 Å². The first kappa shape index (κ1) is 18.2. The number of fused-ring (bicyclic) bond motifs is 1. The summed E-state index contributed by atoms with van der Waals surface area (Å²) in [5.74, 6) is -0.208. The number of nitrogens with one attached hydrogen (secondary N) is 1. The predicted octanol–water partition coefficient (Wildman–Crippen LogP) is 3.01. The zero-order valence-electron chi connectivity index (χ0n) is 15.4. The van der Waals surface area contributed by atoms with Crippen molar-refractivity contribution >= 4 is 11.1 Å². The Morgan fingerprint density at radius 3 is 2.68 bits per heavy atom. The average molecular weight is 345 g/mol. The first-order valence-corrected chi connectivity index (χ1v) is 9.84. The van der Waals surface area contributed by atoms with Crippen LogP contribution in [0, 0.1) is 0 Å². The molecular formula is C20H31N3O2. The van der Waals surface area contributed by atoms with E-state index in [2.05, 4.69) is 23.2 Å². The maximum absolute atomic E-state index is 12.3. The van der Waals surface area contributed by atoms with E-state index in [1.807, 2.05) is 16.7 Å². The van der Waals surface area contributed by atoms with Gasteiger partial charge in [0.05, 0.1) is 5.52 Å². The molecule has 1 saturated heterocycles. The first-order chi connectivity index (χ1) is 12.3. The Balaban J connectivity index is 1.63. The van der Waals surface area contributed by atoms with Crippen molar-refractivity contribution in [2.75, 3.05) is 32.7 Å². The molecule has 1 fully saturated rings. The number of hydrogen-bond acceptors (Lipinski definition) is 4. The highest BCUT2D eigenvalue weighted by Gasteiger charge is 2.13. The number of piperazine rings is 1. The maximum Gasteiger partial charge on any atom is 0.419 e. The Labute approximate surface area is 150 Å². The topological polar surface area (TPSA) is 50.4 Å². The quantitative estimate of drug-likeness (QED) is 0.710. The third-order valence-electron chi connectivity index (χ3n) is 5.14. The number of aryl methyl sites for hydroxylation is 2. The molecule has 0 amide bonds. The summed E-state index contributed by atoms with van der Waals surface area (Å²) in [6.45, 7) is 8.54. The highest BCUT2D eigenvalue weighted by Crippen LogP contribution is 2.20. The molecule has 5 heteroatoms. The molecule has 138 valence electrons. The minimum atomic E-state index is -0.208. The zero-order chi connectivity index (χ0) is 17.5. The summed E-state index contributed by atoms with van der Waals surface area (Å²) in [5, 5.41) is 3.38. The molecule has 0 saturated carbocycles. The van der Waals surface area contributed by atoms with E-state index in [9.17, 15) is 4.79 Å². The van der Waals surface area contributed by atoms with E-state index in [0.717, 1.165) is 76.1 Å². The number of rotatable bonds is 9. The smallest absolute Gasteiger partial charge is 0.408 e. The fourth-order valence-electron chi connectivity index (χ4n) is 3.71. The molecule has 0 radical (unpaired) electrons. The Morgan fingerprint density at radius 2 is 1.88 bits per heavy atom. The number of unbranched alkanes of at least 4 members (excludes halogenated alkanes) is 3. The van der Waals surface area contributed by atoms with E-state index >= 15 is 0 Å². The summed E-state index contributed by atoms with van der Waals surface area (Å²) in [6, 6.07) is 6.06. The van der Waals surface area contributed by atoms with Crippen molar-refractivity contribution in [3.63, 3.8) is 0 Å². The molecule has 2 heterocycles. The molecule has 0 atom stereocenters. The van der Waals surface area contributed by atoms with Gasteiger partial charge in [-0.2, -0.15) is 0 Å². The second-order valence-electron chi connectivity index (χ2n) is 7.04. The molecule has 1 aromatic carbocycles. The summed E-state index contributed by atoms with van der Waals surface area (Å²) in [7, 11) is 0. The van der Waals surface area contributed by atoms with Crippen molar-refractivity contribution in [1.82, 2.24) is 14.8 Å². The highest BCUT2D eigenvalue weighted by atomic mass is 16.4. The van der Waals surface area contributed by atoms with Gasteiger partial charge in [0.2, 0.25) is 0 Å². The largest absolute Gasteiger partial charge is 0.419 e. The van der Waals surface area contributed by atoms with E-state index < -0.39 is 0 Å². The van der Waals surface area contributed by atoms with Crippen LogP contribution in [-0.4, -0.2) is 42.2 Å². The lowest BCUT2D eigenvalue weighted by Crippen LogP contribution is -2.43. The summed E-state index contributed by atoms with van der Waals surface area (Å²) < 4.78 is 7.34. The fourth-order valence-corrected chi connectivity index (χ4v) is 3.71. The van der Waals surface area contributed by atoms with Gasteiger partial charge in [-0.15, -0.1) is 0 Å². The first-order valence-electron chi connectivity index (χ1n) is 9.84. The number of hydrogen-bond donors (Lipinski definition) is 1. The van der Waals surface area contributed by atoms with Crippen molar-refractivity contribution in [1.29, 1.82) is 0 Å². The standard InChI is InChI=1S/C20H31N3O2/c1-2-3-4-8-17-9-7-10-18-19(17)23(20(24)25-18)14-6-5-13-22-15-11-21-12-16-22/h7,9-10,21H,2-6,8,11-16H2,1H3. The van der Waals surface area contributed by atoms with Crippen LogP contribution in [0.1, 0.15) is 44.6 Å². The second-order valence-corrected chi connectivity index (χ2v) is 7.04. The number of nitrogens with zero attached hydrogens (tertiary/aromatic N) is 2. The van der Waals surface area contributed by atoms with E-state index in [-0.39, 0.29) is 5.76 Å².